The van der Waals surface area contributed by atoms with Crippen molar-refractivity contribution in [1.82, 2.24) is 14.4 Å². The smallest absolute Gasteiger partial charge is 0.339 e. The van der Waals surface area contributed by atoms with E-state index in [0.717, 1.165) is 70.7 Å². The molecule has 0 bridgehead atoms. The van der Waals surface area contributed by atoms with Crippen LogP contribution in [-0.4, -0.2) is 64.6 Å². The SMILES string of the molecule is COc1ccc(-c2c(C(=O)N3CCC4(CC3)OC(=O)c3ccccc34)c3c(CN4CCCCC4)c(O)ccc3n2-c2ccccc2)cc1. The number of fused-ring (bicyclic) bond motifs is 3. The molecule has 4 aromatic carbocycles. The molecule has 1 aromatic heterocycles. The van der Waals surface area contributed by atoms with E-state index in [1.54, 1.807) is 13.2 Å². The molecule has 0 radical (unpaired) electrons. The van der Waals surface area contributed by atoms with Gasteiger partial charge in [-0.05, 0) is 86.1 Å². The Labute approximate surface area is 280 Å². The number of amides is 1. The molecule has 4 heterocycles. The molecule has 1 spiro atoms. The maximum Gasteiger partial charge on any atom is 0.339 e. The Balaban J connectivity index is 1.30. The molecule has 2 saturated heterocycles. The summed E-state index contributed by atoms with van der Waals surface area (Å²) in [6, 6.07) is 29.2. The Morgan fingerprint density at radius 2 is 1.56 bits per heavy atom. The van der Waals surface area contributed by atoms with Crippen LogP contribution in [0.15, 0.2) is 91.0 Å². The van der Waals surface area contributed by atoms with Crippen molar-refractivity contribution in [2.24, 2.45) is 0 Å². The minimum Gasteiger partial charge on any atom is -0.508 e. The number of aromatic nitrogens is 1. The second-order valence-electron chi connectivity index (χ2n) is 13.1. The molecule has 5 aromatic rings. The highest BCUT2D eigenvalue weighted by Gasteiger charge is 2.48. The highest BCUT2D eigenvalue weighted by atomic mass is 16.6. The summed E-state index contributed by atoms with van der Waals surface area (Å²) in [6.07, 6.45) is 4.48. The fourth-order valence-electron chi connectivity index (χ4n) is 7.96. The highest BCUT2D eigenvalue weighted by Crippen LogP contribution is 2.46. The van der Waals surface area contributed by atoms with E-state index in [1.165, 1.54) is 6.42 Å². The number of esters is 1. The fraction of sp³-hybridized carbons (Fsp3) is 0.300. The summed E-state index contributed by atoms with van der Waals surface area (Å²) in [6.45, 7) is 3.33. The number of nitrogens with zero attached hydrogens (tertiary/aromatic N) is 3. The summed E-state index contributed by atoms with van der Waals surface area (Å²) in [7, 11) is 1.64. The Morgan fingerprint density at radius 3 is 2.29 bits per heavy atom. The van der Waals surface area contributed by atoms with Crippen molar-refractivity contribution in [3.8, 4) is 28.4 Å². The molecule has 0 saturated carbocycles. The van der Waals surface area contributed by atoms with Crippen molar-refractivity contribution >= 4 is 22.8 Å². The van der Waals surface area contributed by atoms with Gasteiger partial charge in [-0.2, -0.15) is 0 Å². The normalized spacial score (nSPS) is 17.4. The molecule has 0 unspecified atom stereocenters. The van der Waals surface area contributed by atoms with Crippen LogP contribution in [0.3, 0.4) is 0 Å². The Bertz CT molecular complexity index is 2000. The average molecular weight is 642 g/mol. The number of phenols is 1. The lowest BCUT2D eigenvalue weighted by atomic mass is 9.83. The predicted octanol–water partition coefficient (Wildman–Crippen LogP) is 7.30. The molecule has 2 fully saturated rings. The standard InChI is InChI=1S/C40H39N3O5/c1-47-29-16-14-27(15-17-29)37-36(38(45)42-24-20-40(21-25-42)32-13-7-6-12-30(32)39(46)48-40)35-31(26-41-22-8-3-9-23-41)34(44)19-18-33(35)43(37)28-10-4-2-5-11-28/h2,4-7,10-19,44H,3,8-9,20-26H2,1H3. The van der Waals surface area contributed by atoms with Gasteiger partial charge in [-0.3, -0.25) is 9.69 Å². The maximum atomic E-state index is 15.1. The van der Waals surface area contributed by atoms with E-state index in [9.17, 15) is 9.90 Å². The third-order valence-corrected chi connectivity index (χ3v) is 10.4. The van der Waals surface area contributed by atoms with E-state index in [2.05, 4.69) is 21.6 Å². The number of piperidine rings is 2. The topological polar surface area (TPSA) is 84.2 Å². The molecule has 8 heteroatoms. The van der Waals surface area contributed by atoms with Gasteiger partial charge in [0.1, 0.15) is 17.1 Å². The summed E-state index contributed by atoms with van der Waals surface area (Å²) < 4.78 is 13.7. The van der Waals surface area contributed by atoms with Gasteiger partial charge in [-0.1, -0.05) is 42.8 Å². The van der Waals surface area contributed by atoms with Gasteiger partial charge in [0.2, 0.25) is 0 Å². The van der Waals surface area contributed by atoms with Gasteiger partial charge < -0.3 is 24.0 Å². The first-order chi connectivity index (χ1) is 23.5. The van der Waals surface area contributed by atoms with E-state index >= 15 is 4.79 Å². The summed E-state index contributed by atoms with van der Waals surface area (Å²) in [5.41, 5.74) is 5.58. The molecular formula is C40H39N3O5. The van der Waals surface area contributed by atoms with Crippen molar-refractivity contribution < 1.29 is 24.2 Å². The van der Waals surface area contributed by atoms with E-state index in [0.29, 0.717) is 43.6 Å². The number of methoxy groups -OCH3 is 1. The average Bonchev–Trinajstić information content (AvgIpc) is 3.62. The molecule has 244 valence electrons. The first-order valence-corrected chi connectivity index (χ1v) is 16.9. The highest BCUT2D eigenvalue weighted by molar-refractivity contribution is 6.15. The quantitative estimate of drug-likeness (QED) is 0.196. The van der Waals surface area contributed by atoms with E-state index in [4.69, 9.17) is 9.47 Å². The third kappa shape index (κ3) is 5.02. The van der Waals surface area contributed by atoms with Crippen molar-refractivity contribution in [3.05, 3.63) is 113 Å². The van der Waals surface area contributed by atoms with Crippen LogP contribution >= 0.6 is 0 Å². The van der Waals surface area contributed by atoms with Crippen LogP contribution in [0, 0.1) is 0 Å². The largest absolute Gasteiger partial charge is 0.508 e. The van der Waals surface area contributed by atoms with Crippen LogP contribution in [0.4, 0.5) is 0 Å². The number of ether oxygens (including phenoxy) is 2. The van der Waals surface area contributed by atoms with Crippen LogP contribution in [0.25, 0.3) is 27.8 Å². The van der Waals surface area contributed by atoms with Crippen molar-refractivity contribution in [2.75, 3.05) is 33.3 Å². The van der Waals surface area contributed by atoms with Gasteiger partial charge in [0.15, 0.2) is 0 Å². The second-order valence-corrected chi connectivity index (χ2v) is 13.1. The first kappa shape index (κ1) is 30.3. The molecule has 0 atom stereocenters. The molecule has 1 amide bonds. The molecule has 3 aliphatic heterocycles. The molecule has 3 aliphatic rings. The summed E-state index contributed by atoms with van der Waals surface area (Å²) >= 11 is 0. The van der Waals surface area contributed by atoms with Crippen LogP contribution < -0.4 is 4.74 Å². The van der Waals surface area contributed by atoms with Gasteiger partial charge >= 0.3 is 5.97 Å². The number of hydrogen-bond donors (Lipinski definition) is 1. The van der Waals surface area contributed by atoms with Crippen molar-refractivity contribution in [1.29, 1.82) is 0 Å². The summed E-state index contributed by atoms with van der Waals surface area (Å²) in [5, 5.41) is 12.3. The molecule has 48 heavy (non-hydrogen) atoms. The van der Waals surface area contributed by atoms with Crippen molar-refractivity contribution in [2.45, 2.75) is 44.2 Å². The van der Waals surface area contributed by atoms with Gasteiger partial charge in [-0.15, -0.1) is 0 Å². The molecule has 1 N–H and O–H groups in total. The Hall–Kier alpha value is -5.08. The lowest BCUT2D eigenvalue weighted by Crippen LogP contribution is -2.45. The second kappa shape index (κ2) is 12.2. The van der Waals surface area contributed by atoms with Crippen LogP contribution in [-0.2, 0) is 16.9 Å². The predicted molar refractivity (Wildman–Crippen MR) is 185 cm³/mol. The first-order valence-electron chi connectivity index (χ1n) is 16.9. The zero-order valence-electron chi connectivity index (χ0n) is 27.2. The minimum absolute atomic E-state index is 0.0987. The van der Waals surface area contributed by atoms with Gasteiger partial charge in [0.05, 0.1) is 29.4 Å². The van der Waals surface area contributed by atoms with E-state index in [-0.39, 0.29) is 17.6 Å². The number of hydrogen-bond acceptors (Lipinski definition) is 6. The minimum atomic E-state index is -0.723. The lowest BCUT2D eigenvalue weighted by molar-refractivity contribution is -0.0389. The number of carbonyl (C=O) groups is 2. The number of benzene rings is 4. The molecule has 8 rings (SSSR count). The van der Waals surface area contributed by atoms with E-state index in [1.807, 2.05) is 77.7 Å². The number of likely N-dealkylation sites (tertiary alicyclic amines) is 2. The van der Waals surface area contributed by atoms with E-state index < -0.39 is 5.60 Å². The fourth-order valence-corrected chi connectivity index (χ4v) is 7.96. The summed E-state index contributed by atoms with van der Waals surface area (Å²) in [5.74, 6) is 0.528. The monoisotopic (exact) mass is 641 g/mol. The van der Waals surface area contributed by atoms with Gasteiger partial charge in [0, 0.05) is 54.7 Å². The van der Waals surface area contributed by atoms with Gasteiger partial charge in [0.25, 0.3) is 5.91 Å². The third-order valence-electron chi connectivity index (χ3n) is 10.4. The van der Waals surface area contributed by atoms with Crippen LogP contribution in [0.2, 0.25) is 0 Å². The van der Waals surface area contributed by atoms with Crippen molar-refractivity contribution in [3.63, 3.8) is 0 Å². The Kier molecular flexibility index (Phi) is 7.68. The summed E-state index contributed by atoms with van der Waals surface area (Å²) in [4.78, 5) is 32.2. The van der Waals surface area contributed by atoms with Crippen LogP contribution in [0.1, 0.15) is 63.9 Å². The maximum absolute atomic E-state index is 15.1. The zero-order valence-corrected chi connectivity index (χ0v) is 27.2. The Morgan fingerprint density at radius 1 is 0.854 bits per heavy atom. The number of carbonyl (C=O) groups excluding carboxylic acids is 2. The number of aromatic hydroxyl groups is 1. The molecular weight excluding hydrogens is 602 g/mol. The lowest BCUT2D eigenvalue weighted by Gasteiger charge is -2.38. The number of para-hydroxylation sites is 1. The number of phenolic OH excluding ortho intramolecular Hbond substituents is 1. The van der Waals surface area contributed by atoms with Gasteiger partial charge in [-0.25, -0.2) is 4.79 Å². The molecule has 0 aliphatic carbocycles. The number of rotatable bonds is 6. The zero-order chi connectivity index (χ0) is 32.8. The molecule has 8 nitrogen and oxygen atoms in total. The van der Waals surface area contributed by atoms with Crippen LogP contribution in [0.5, 0.6) is 11.5 Å².